The van der Waals surface area contributed by atoms with E-state index in [1.54, 1.807) is 0 Å². The number of aryl methyl sites for hydroxylation is 1. The molecule has 2 aromatic rings. The molecule has 0 spiro atoms. The summed E-state index contributed by atoms with van der Waals surface area (Å²) >= 11 is 3.61. The molecule has 1 aromatic heterocycles. The number of hydrogen-bond acceptors (Lipinski definition) is 2. The van der Waals surface area contributed by atoms with Crippen LogP contribution in [0.1, 0.15) is 50.5 Å². The fourth-order valence-corrected chi connectivity index (χ4v) is 5.23. The lowest BCUT2D eigenvalue weighted by Gasteiger charge is -2.28. The van der Waals surface area contributed by atoms with Crippen LogP contribution in [-0.4, -0.2) is 36.2 Å². The van der Waals surface area contributed by atoms with Gasteiger partial charge in [0.1, 0.15) is 0 Å². The zero-order valence-corrected chi connectivity index (χ0v) is 19.8. The van der Waals surface area contributed by atoms with Crippen LogP contribution in [0.15, 0.2) is 28.9 Å². The number of nitrogens with zero attached hydrogens (tertiary/aromatic N) is 1. The lowest BCUT2D eigenvalue weighted by Crippen LogP contribution is -2.40. The van der Waals surface area contributed by atoms with E-state index in [0.29, 0.717) is 24.8 Å². The summed E-state index contributed by atoms with van der Waals surface area (Å²) < 4.78 is 30.4. The molecule has 2 N–H and O–H groups in total. The number of nitrogens with one attached hydrogen (secondary N) is 2. The third kappa shape index (κ3) is 6.18. The van der Waals surface area contributed by atoms with Crippen molar-refractivity contribution in [2.24, 2.45) is 5.92 Å². The molecule has 1 saturated carbocycles. The summed E-state index contributed by atoms with van der Waals surface area (Å²) in [4.78, 5) is 0. The lowest BCUT2D eigenvalue weighted by atomic mass is 9.87. The standard InChI is InChI=1S/C23H32BrF2N3.ClH/c24-19-3-4-22-21(14-19)18(2-1-11-28-20-7-12-27-13-8-20)16-29(22)15-17-5-9-23(25,26)10-6-17;/h3-4,14,16-17,20,27-28H,1-2,5-13,15H2;1H. The van der Waals surface area contributed by atoms with Gasteiger partial charge in [-0.2, -0.15) is 0 Å². The van der Waals surface area contributed by atoms with Crippen LogP contribution in [0.4, 0.5) is 8.78 Å². The van der Waals surface area contributed by atoms with Gasteiger partial charge in [0.2, 0.25) is 5.92 Å². The van der Waals surface area contributed by atoms with Gasteiger partial charge in [0.15, 0.2) is 0 Å². The van der Waals surface area contributed by atoms with Crippen molar-refractivity contribution in [1.29, 1.82) is 0 Å². The van der Waals surface area contributed by atoms with Crippen LogP contribution < -0.4 is 10.6 Å². The van der Waals surface area contributed by atoms with E-state index in [0.717, 1.165) is 43.5 Å². The van der Waals surface area contributed by atoms with Crippen LogP contribution in [0.5, 0.6) is 0 Å². The quantitative estimate of drug-likeness (QED) is 0.458. The molecule has 2 aliphatic rings. The number of piperidine rings is 1. The highest BCUT2D eigenvalue weighted by molar-refractivity contribution is 9.10. The highest BCUT2D eigenvalue weighted by Gasteiger charge is 2.35. The van der Waals surface area contributed by atoms with Gasteiger partial charge in [0.05, 0.1) is 0 Å². The van der Waals surface area contributed by atoms with E-state index >= 15 is 0 Å². The first-order valence-corrected chi connectivity index (χ1v) is 11.9. The molecule has 1 saturated heterocycles. The zero-order valence-electron chi connectivity index (χ0n) is 17.4. The predicted molar refractivity (Wildman–Crippen MR) is 126 cm³/mol. The summed E-state index contributed by atoms with van der Waals surface area (Å²) in [5, 5.41) is 8.41. The molecule has 0 unspecified atom stereocenters. The van der Waals surface area contributed by atoms with Gasteiger partial charge in [-0.05, 0) is 87.8 Å². The Morgan fingerprint density at radius 1 is 1.13 bits per heavy atom. The highest BCUT2D eigenvalue weighted by atomic mass is 79.9. The van der Waals surface area contributed by atoms with E-state index in [4.69, 9.17) is 0 Å². The molecule has 0 radical (unpaired) electrons. The summed E-state index contributed by atoms with van der Waals surface area (Å²) in [6.45, 7) is 4.13. The Morgan fingerprint density at radius 2 is 1.87 bits per heavy atom. The van der Waals surface area contributed by atoms with E-state index in [1.807, 2.05) is 0 Å². The fourth-order valence-electron chi connectivity index (χ4n) is 4.87. The Morgan fingerprint density at radius 3 is 2.60 bits per heavy atom. The smallest absolute Gasteiger partial charge is 0.248 e. The molecule has 1 aliphatic carbocycles. The van der Waals surface area contributed by atoms with Crippen molar-refractivity contribution in [2.45, 2.75) is 69.9 Å². The van der Waals surface area contributed by atoms with Crippen LogP contribution >= 0.6 is 28.3 Å². The van der Waals surface area contributed by atoms with Gasteiger partial charge < -0.3 is 15.2 Å². The van der Waals surface area contributed by atoms with Crippen LogP contribution in [0.2, 0.25) is 0 Å². The number of aromatic nitrogens is 1. The van der Waals surface area contributed by atoms with Crippen molar-refractivity contribution >= 4 is 39.2 Å². The van der Waals surface area contributed by atoms with Crippen molar-refractivity contribution < 1.29 is 8.78 Å². The Kier molecular flexibility index (Phi) is 8.59. The van der Waals surface area contributed by atoms with Gasteiger partial charge in [-0.3, -0.25) is 0 Å². The van der Waals surface area contributed by atoms with Crippen molar-refractivity contribution in [1.82, 2.24) is 15.2 Å². The molecule has 1 aromatic carbocycles. The van der Waals surface area contributed by atoms with E-state index in [9.17, 15) is 8.78 Å². The number of benzene rings is 1. The second-order valence-electron chi connectivity index (χ2n) is 8.85. The summed E-state index contributed by atoms with van der Waals surface area (Å²) in [6.07, 6.45) is 8.19. The first-order valence-electron chi connectivity index (χ1n) is 11.1. The van der Waals surface area contributed by atoms with Crippen molar-refractivity contribution in [2.75, 3.05) is 19.6 Å². The summed E-state index contributed by atoms with van der Waals surface area (Å²) in [5.74, 6) is -2.10. The van der Waals surface area contributed by atoms with Gasteiger partial charge in [-0.15, -0.1) is 12.4 Å². The molecule has 0 bridgehead atoms. The van der Waals surface area contributed by atoms with Gasteiger partial charge in [0, 0.05) is 47.0 Å². The van der Waals surface area contributed by atoms with Crippen LogP contribution in [-0.2, 0) is 13.0 Å². The second kappa shape index (κ2) is 10.8. The molecular weight excluding hydrogens is 472 g/mol. The van der Waals surface area contributed by atoms with Crippen LogP contribution in [0.3, 0.4) is 0 Å². The second-order valence-corrected chi connectivity index (χ2v) is 9.77. The lowest BCUT2D eigenvalue weighted by molar-refractivity contribution is -0.0472. The molecule has 3 nitrogen and oxygen atoms in total. The van der Waals surface area contributed by atoms with E-state index < -0.39 is 5.92 Å². The molecule has 0 atom stereocenters. The largest absolute Gasteiger partial charge is 0.347 e. The maximum atomic E-state index is 13.5. The summed E-state index contributed by atoms with van der Waals surface area (Å²) in [5.41, 5.74) is 2.60. The minimum atomic E-state index is -2.45. The number of hydrogen-bond donors (Lipinski definition) is 2. The molecule has 0 amide bonds. The molecule has 30 heavy (non-hydrogen) atoms. The normalized spacial score (nSPS) is 20.4. The molecule has 2 heterocycles. The third-order valence-electron chi connectivity index (χ3n) is 6.61. The van der Waals surface area contributed by atoms with E-state index in [2.05, 4.69) is 55.5 Å². The molecule has 4 rings (SSSR count). The van der Waals surface area contributed by atoms with E-state index in [1.165, 1.54) is 29.3 Å². The minimum Gasteiger partial charge on any atom is -0.347 e. The van der Waals surface area contributed by atoms with Crippen LogP contribution in [0, 0.1) is 5.92 Å². The summed E-state index contributed by atoms with van der Waals surface area (Å²) in [6, 6.07) is 7.09. The van der Waals surface area contributed by atoms with Gasteiger partial charge in [-0.1, -0.05) is 15.9 Å². The minimum absolute atomic E-state index is 0. The van der Waals surface area contributed by atoms with Gasteiger partial charge in [0.25, 0.3) is 0 Å². The highest BCUT2D eigenvalue weighted by Crippen LogP contribution is 2.37. The molecule has 168 valence electrons. The van der Waals surface area contributed by atoms with Crippen molar-refractivity contribution in [3.8, 4) is 0 Å². The average molecular weight is 505 g/mol. The van der Waals surface area contributed by atoms with Crippen molar-refractivity contribution in [3.05, 3.63) is 34.4 Å². The molecule has 2 fully saturated rings. The first kappa shape index (κ1) is 24.0. The monoisotopic (exact) mass is 503 g/mol. The summed E-state index contributed by atoms with van der Waals surface area (Å²) in [7, 11) is 0. The van der Waals surface area contributed by atoms with Crippen LogP contribution in [0.25, 0.3) is 10.9 Å². The maximum absolute atomic E-state index is 13.5. The van der Waals surface area contributed by atoms with Crippen molar-refractivity contribution in [3.63, 3.8) is 0 Å². The zero-order chi connectivity index (χ0) is 20.3. The molecule has 1 aliphatic heterocycles. The Labute approximate surface area is 192 Å². The first-order chi connectivity index (χ1) is 14.0. The van der Waals surface area contributed by atoms with E-state index in [-0.39, 0.29) is 25.2 Å². The Bertz CT molecular complexity index is 810. The third-order valence-corrected chi connectivity index (χ3v) is 7.11. The van der Waals surface area contributed by atoms with Gasteiger partial charge in [-0.25, -0.2) is 8.78 Å². The number of rotatable bonds is 7. The average Bonchev–Trinajstić information content (AvgIpc) is 3.04. The Balaban J connectivity index is 0.00000256. The topological polar surface area (TPSA) is 29.0 Å². The number of halogens is 4. The fraction of sp³-hybridized carbons (Fsp3) is 0.652. The number of alkyl halides is 2. The molecular formula is C23H33BrClF2N3. The van der Waals surface area contributed by atoms with Gasteiger partial charge >= 0.3 is 0 Å². The number of fused-ring (bicyclic) bond motifs is 1. The SMILES string of the molecule is Cl.FC1(F)CCC(Cn2cc(CCCNC3CCNCC3)c3cc(Br)ccc32)CC1. The predicted octanol–water partition coefficient (Wildman–Crippen LogP) is 5.93. The Hall–Kier alpha value is -0.690. The molecule has 7 heteroatoms. The maximum Gasteiger partial charge on any atom is 0.248 e.